The van der Waals surface area contributed by atoms with Gasteiger partial charge in [0.05, 0.1) is 0 Å². The molecule has 0 amide bonds. The van der Waals surface area contributed by atoms with Crippen molar-refractivity contribution in [3.63, 3.8) is 0 Å². The van der Waals surface area contributed by atoms with Crippen molar-refractivity contribution in [2.24, 2.45) is 17.1 Å². The Morgan fingerprint density at radius 1 is 1.15 bits per heavy atom. The lowest BCUT2D eigenvalue weighted by atomic mass is 9.72. The van der Waals surface area contributed by atoms with Gasteiger partial charge in [-0.15, -0.1) is 0 Å². The zero-order chi connectivity index (χ0) is 9.73. The van der Waals surface area contributed by atoms with Crippen molar-refractivity contribution in [1.29, 1.82) is 0 Å². The Morgan fingerprint density at radius 3 is 2.31 bits per heavy atom. The number of hydrogen-bond acceptors (Lipinski definition) is 1. The average molecular weight is 183 g/mol. The van der Waals surface area contributed by atoms with Gasteiger partial charge < -0.3 is 5.73 Å². The molecule has 0 saturated heterocycles. The molecule has 1 saturated carbocycles. The second-order valence-corrected chi connectivity index (χ2v) is 5.39. The summed E-state index contributed by atoms with van der Waals surface area (Å²) < 4.78 is 0. The van der Waals surface area contributed by atoms with Crippen LogP contribution in [0.3, 0.4) is 0 Å². The monoisotopic (exact) mass is 183 g/mol. The van der Waals surface area contributed by atoms with Gasteiger partial charge in [-0.3, -0.25) is 0 Å². The molecule has 78 valence electrons. The molecule has 0 heterocycles. The highest BCUT2D eigenvalue weighted by Crippen LogP contribution is 2.39. The second kappa shape index (κ2) is 4.99. The van der Waals surface area contributed by atoms with E-state index in [1.54, 1.807) is 0 Å². The van der Waals surface area contributed by atoms with Gasteiger partial charge in [0.25, 0.3) is 0 Å². The zero-order valence-electron chi connectivity index (χ0n) is 9.31. The van der Waals surface area contributed by atoms with Gasteiger partial charge in [0.15, 0.2) is 0 Å². The SMILES string of the molecule is CC1(C)CCC(CCCCN)CC1. The molecule has 0 aromatic heterocycles. The molecule has 0 spiro atoms. The molecule has 1 fully saturated rings. The van der Waals surface area contributed by atoms with Crippen LogP contribution in [0.2, 0.25) is 0 Å². The Balaban J connectivity index is 2.11. The van der Waals surface area contributed by atoms with E-state index >= 15 is 0 Å². The van der Waals surface area contributed by atoms with Crippen LogP contribution in [0.5, 0.6) is 0 Å². The largest absolute Gasteiger partial charge is 0.330 e. The lowest BCUT2D eigenvalue weighted by molar-refractivity contribution is 0.183. The van der Waals surface area contributed by atoms with Crippen molar-refractivity contribution in [3.05, 3.63) is 0 Å². The predicted molar refractivity (Wildman–Crippen MR) is 58.6 cm³/mol. The molecule has 0 aromatic carbocycles. The summed E-state index contributed by atoms with van der Waals surface area (Å²) in [6.07, 6.45) is 9.77. The molecule has 0 radical (unpaired) electrons. The number of nitrogens with two attached hydrogens (primary N) is 1. The highest BCUT2D eigenvalue weighted by molar-refractivity contribution is 4.78. The van der Waals surface area contributed by atoms with Crippen LogP contribution in [0.25, 0.3) is 0 Å². The molecule has 1 heteroatoms. The highest BCUT2D eigenvalue weighted by atomic mass is 14.5. The molecule has 0 aromatic rings. The molecule has 0 bridgehead atoms. The second-order valence-electron chi connectivity index (χ2n) is 5.39. The van der Waals surface area contributed by atoms with Crippen molar-refractivity contribution in [2.75, 3.05) is 6.54 Å². The van der Waals surface area contributed by atoms with Crippen molar-refractivity contribution >= 4 is 0 Å². The van der Waals surface area contributed by atoms with Crippen LogP contribution in [0, 0.1) is 11.3 Å². The molecular weight excluding hydrogens is 158 g/mol. The van der Waals surface area contributed by atoms with Crippen LogP contribution in [-0.2, 0) is 0 Å². The Bertz CT molecular complexity index is 130. The first kappa shape index (κ1) is 11.0. The first-order chi connectivity index (χ1) is 6.14. The predicted octanol–water partition coefficient (Wildman–Crippen LogP) is 3.33. The maximum Gasteiger partial charge on any atom is -0.00773 e. The van der Waals surface area contributed by atoms with E-state index in [4.69, 9.17) is 5.73 Å². The van der Waals surface area contributed by atoms with Crippen molar-refractivity contribution < 1.29 is 0 Å². The zero-order valence-corrected chi connectivity index (χ0v) is 9.31. The fourth-order valence-corrected chi connectivity index (χ4v) is 2.33. The van der Waals surface area contributed by atoms with Crippen molar-refractivity contribution in [3.8, 4) is 0 Å². The summed E-state index contributed by atoms with van der Waals surface area (Å²) in [6.45, 7) is 5.68. The number of hydrogen-bond donors (Lipinski definition) is 1. The van der Waals surface area contributed by atoms with E-state index in [-0.39, 0.29) is 0 Å². The summed E-state index contributed by atoms with van der Waals surface area (Å²) in [6, 6.07) is 0. The molecule has 0 unspecified atom stereocenters. The first-order valence-electron chi connectivity index (χ1n) is 5.84. The van der Waals surface area contributed by atoms with Gasteiger partial charge in [0.2, 0.25) is 0 Å². The fraction of sp³-hybridized carbons (Fsp3) is 1.00. The summed E-state index contributed by atoms with van der Waals surface area (Å²) in [5, 5.41) is 0. The third-order valence-electron chi connectivity index (χ3n) is 3.53. The summed E-state index contributed by atoms with van der Waals surface area (Å²) in [7, 11) is 0. The van der Waals surface area contributed by atoms with Gasteiger partial charge in [-0.2, -0.15) is 0 Å². The summed E-state index contributed by atoms with van der Waals surface area (Å²) in [5.74, 6) is 1.01. The molecule has 1 nitrogen and oxygen atoms in total. The Kier molecular flexibility index (Phi) is 4.24. The van der Waals surface area contributed by atoms with Crippen LogP contribution < -0.4 is 5.73 Å². The maximum absolute atomic E-state index is 5.49. The standard InChI is InChI=1S/C12H25N/c1-12(2)8-6-11(7-9-12)5-3-4-10-13/h11H,3-10,13H2,1-2H3. The minimum atomic E-state index is 0.629. The topological polar surface area (TPSA) is 26.0 Å². The van der Waals surface area contributed by atoms with Gasteiger partial charge in [0.1, 0.15) is 0 Å². The molecule has 2 N–H and O–H groups in total. The molecular formula is C12H25N. The van der Waals surface area contributed by atoms with Crippen LogP contribution in [-0.4, -0.2) is 6.54 Å². The van der Waals surface area contributed by atoms with E-state index in [9.17, 15) is 0 Å². The minimum absolute atomic E-state index is 0.629. The van der Waals surface area contributed by atoms with Gasteiger partial charge >= 0.3 is 0 Å². The highest BCUT2D eigenvalue weighted by Gasteiger charge is 2.26. The van der Waals surface area contributed by atoms with Crippen LogP contribution in [0.1, 0.15) is 58.8 Å². The molecule has 0 aliphatic heterocycles. The third kappa shape index (κ3) is 4.12. The van der Waals surface area contributed by atoms with E-state index in [1.807, 2.05) is 0 Å². The van der Waals surface area contributed by atoms with Gasteiger partial charge in [0, 0.05) is 0 Å². The summed E-state index contributed by atoms with van der Waals surface area (Å²) >= 11 is 0. The third-order valence-corrected chi connectivity index (χ3v) is 3.53. The number of rotatable bonds is 4. The van der Waals surface area contributed by atoms with Crippen LogP contribution >= 0.6 is 0 Å². The molecule has 13 heavy (non-hydrogen) atoms. The maximum atomic E-state index is 5.49. The molecule has 0 atom stereocenters. The van der Waals surface area contributed by atoms with E-state index in [2.05, 4.69) is 13.8 Å². The first-order valence-corrected chi connectivity index (χ1v) is 5.84. The lowest BCUT2D eigenvalue weighted by Crippen LogP contribution is -2.21. The van der Waals surface area contributed by atoms with E-state index in [1.165, 1.54) is 44.9 Å². The molecule has 1 rings (SSSR count). The molecule has 1 aliphatic carbocycles. The fourth-order valence-electron chi connectivity index (χ4n) is 2.33. The van der Waals surface area contributed by atoms with Gasteiger partial charge in [-0.25, -0.2) is 0 Å². The van der Waals surface area contributed by atoms with Crippen LogP contribution in [0.4, 0.5) is 0 Å². The lowest BCUT2D eigenvalue weighted by Gasteiger charge is -2.34. The van der Waals surface area contributed by atoms with E-state index in [0.29, 0.717) is 5.41 Å². The normalized spacial score (nSPS) is 23.3. The Morgan fingerprint density at radius 2 is 1.77 bits per heavy atom. The van der Waals surface area contributed by atoms with Gasteiger partial charge in [-0.05, 0) is 50.0 Å². The van der Waals surface area contributed by atoms with Crippen molar-refractivity contribution in [2.45, 2.75) is 58.8 Å². The minimum Gasteiger partial charge on any atom is -0.330 e. The van der Waals surface area contributed by atoms with E-state index in [0.717, 1.165) is 12.5 Å². The van der Waals surface area contributed by atoms with Gasteiger partial charge in [-0.1, -0.05) is 26.7 Å². The van der Waals surface area contributed by atoms with Crippen LogP contribution in [0.15, 0.2) is 0 Å². The smallest absolute Gasteiger partial charge is 0.00773 e. The quantitative estimate of drug-likeness (QED) is 0.665. The average Bonchev–Trinajstić information content (AvgIpc) is 2.08. The summed E-state index contributed by atoms with van der Waals surface area (Å²) in [5.41, 5.74) is 6.12. The Hall–Kier alpha value is -0.0400. The number of unbranched alkanes of at least 4 members (excludes halogenated alkanes) is 1. The summed E-state index contributed by atoms with van der Waals surface area (Å²) in [4.78, 5) is 0. The molecule has 1 aliphatic rings. The van der Waals surface area contributed by atoms with E-state index < -0.39 is 0 Å². The van der Waals surface area contributed by atoms with Crippen molar-refractivity contribution in [1.82, 2.24) is 0 Å². The Labute approximate surface area is 83.1 Å².